The highest BCUT2D eigenvalue weighted by molar-refractivity contribution is 6.03. The van der Waals surface area contributed by atoms with Gasteiger partial charge in [0, 0.05) is 35.6 Å². The topological polar surface area (TPSA) is 89.2 Å². The maximum Gasteiger partial charge on any atom is 0.389 e. The molecule has 0 radical (unpaired) electrons. The van der Waals surface area contributed by atoms with Crippen LogP contribution in [-0.4, -0.2) is 32.9 Å². The molecule has 0 fully saturated rings. The molecule has 2 unspecified atom stereocenters. The Kier molecular flexibility index (Phi) is 5.34. The van der Waals surface area contributed by atoms with E-state index >= 15 is 0 Å². The molecule has 3 heterocycles. The predicted octanol–water partition coefficient (Wildman–Crippen LogP) is 3.66. The van der Waals surface area contributed by atoms with Gasteiger partial charge in [-0.15, -0.1) is 0 Å². The van der Waals surface area contributed by atoms with Crippen molar-refractivity contribution >= 4 is 11.8 Å². The van der Waals surface area contributed by atoms with Gasteiger partial charge in [-0.05, 0) is 44.4 Å². The zero-order valence-electron chi connectivity index (χ0n) is 16.2. The number of hydrogen-bond acceptors (Lipinski definition) is 4. The molecular formula is C20H21F3N4O2. The van der Waals surface area contributed by atoms with Crippen molar-refractivity contribution in [3.05, 3.63) is 58.2 Å². The summed E-state index contributed by atoms with van der Waals surface area (Å²) in [6.45, 7) is 5.30. The first-order valence-corrected chi connectivity index (χ1v) is 9.14. The second-order valence-corrected chi connectivity index (χ2v) is 7.20. The summed E-state index contributed by atoms with van der Waals surface area (Å²) >= 11 is 0. The fourth-order valence-electron chi connectivity index (χ4n) is 3.78. The second kappa shape index (κ2) is 7.46. The summed E-state index contributed by atoms with van der Waals surface area (Å²) in [5, 5.41) is 0. The summed E-state index contributed by atoms with van der Waals surface area (Å²) in [5.41, 5.74) is 8.04. The van der Waals surface area contributed by atoms with E-state index in [4.69, 9.17) is 5.73 Å². The molecule has 0 aromatic carbocycles. The van der Waals surface area contributed by atoms with Crippen molar-refractivity contribution in [2.75, 3.05) is 0 Å². The van der Waals surface area contributed by atoms with Crippen LogP contribution >= 0.6 is 0 Å². The predicted molar refractivity (Wildman–Crippen MR) is 99.1 cm³/mol. The van der Waals surface area contributed by atoms with E-state index in [1.54, 1.807) is 30.9 Å². The van der Waals surface area contributed by atoms with Crippen LogP contribution in [0.5, 0.6) is 0 Å². The lowest BCUT2D eigenvalue weighted by molar-refractivity contribution is -0.134. The fraction of sp³-hybridized carbons (Fsp3) is 0.400. The number of nitrogens with zero attached hydrogens (tertiary/aromatic N) is 3. The Bertz CT molecular complexity index is 975. The number of aromatic nitrogens is 2. The van der Waals surface area contributed by atoms with Gasteiger partial charge in [-0.2, -0.15) is 13.2 Å². The molecule has 2 atom stereocenters. The third-order valence-electron chi connectivity index (χ3n) is 5.28. The highest BCUT2D eigenvalue weighted by Gasteiger charge is 2.40. The molecule has 0 saturated heterocycles. The molecule has 0 spiro atoms. The third kappa shape index (κ3) is 3.94. The number of fused-ring (bicyclic) bond motifs is 1. The molecule has 0 saturated carbocycles. The van der Waals surface area contributed by atoms with Gasteiger partial charge in [0.05, 0.1) is 12.1 Å². The van der Waals surface area contributed by atoms with Crippen LogP contribution in [0.2, 0.25) is 0 Å². The van der Waals surface area contributed by atoms with Crippen molar-refractivity contribution in [3.8, 4) is 0 Å². The number of carbonyl (C=O) groups excluding carboxylic acids is 2. The highest BCUT2D eigenvalue weighted by atomic mass is 19.4. The van der Waals surface area contributed by atoms with E-state index in [1.807, 2.05) is 6.92 Å². The molecule has 154 valence electrons. The van der Waals surface area contributed by atoms with Gasteiger partial charge >= 0.3 is 6.18 Å². The molecule has 2 N–H and O–H groups in total. The van der Waals surface area contributed by atoms with Gasteiger partial charge in [0.25, 0.3) is 11.8 Å². The number of hydrogen-bond donors (Lipinski definition) is 1. The van der Waals surface area contributed by atoms with E-state index in [9.17, 15) is 22.8 Å². The third-order valence-corrected chi connectivity index (χ3v) is 5.28. The first kappa shape index (κ1) is 20.8. The molecular weight excluding hydrogens is 385 g/mol. The van der Waals surface area contributed by atoms with Gasteiger partial charge in [0.1, 0.15) is 5.69 Å². The Balaban J connectivity index is 1.88. The molecule has 29 heavy (non-hydrogen) atoms. The largest absolute Gasteiger partial charge is 0.389 e. The summed E-state index contributed by atoms with van der Waals surface area (Å²) in [6, 6.07) is 2.46. The Morgan fingerprint density at radius 3 is 2.62 bits per heavy atom. The molecule has 3 rings (SSSR count). The minimum absolute atomic E-state index is 0.0647. The summed E-state index contributed by atoms with van der Waals surface area (Å²) in [5.74, 6) is -0.966. The standard InChI is InChI=1S/C20H21F3N4O2/c1-10-8-13(9-26-15(10)4-6-20(21,22)23)11(2)27-12(3)16-14(19(27)29)5-7-25-17(16)18(24)28/h5,7-9,11-12H,4,6H2,1-3H3,(H2,24,28). The molecule has 1 aliphatic heterocycles. The van der Waals surface area contributed by atoms with Gasteiger partial charge in [0.2, 0.25) is 0 Å². The molecule has 0 bridgehead atoms. The highest BCUT2D eigenvalue weighted by Crippen LogP contribution is 2.40. The molecule has 2 aromatic heterocycles. The monoisotopic (exact) mass is 406 g/mol. The van der Waals surface area contributed by atoms with Crippen LogP contribution in [0, 0.1) is 6.92 Å². The fourth-order valence-corrected chi connectivity index (χ4v) is 3.78. The number of carbonyl (C=O) groups is 2. The van der Waals surface area contributed by atoms with Crippen LogP contribution in [0.4, 0.5) is 13.2 Å². The number of rotatable bonds is 5. The number of alkyl halides is 3. The normalized spacial score (nSPS) is 17.4. The molecule has 1 aliphatic rings. The number of primary amides is 1. The molecule has 2 amide bonds. The van der Waals surface area contributed by atoms with Crippen LogP contribution in [-0.2, 0) is 6.42 Å². The number of pyridine rings is 2. The van der Waals surface area contributed by atoms with E-state index in [0.717, 1.165) is 0 Å². The van der Waals surface area contributed by atoms with Gasteiger partial charge in [-0.3, -0.25) is 19.6 Å². The minimum atomic E-state index is -4.24. The van der Waals surface area contributed by atoms with Crippen LogP contribution in [0.15, 0.2) is 24.5 Å². The summed E-state index contributed by atoms with van der Waals surface area (Å²) < 4.78 is 37.4. The maximum atomic E-state index is 13.0. The average Bonchev–Trinajstić information content (AvgIpc) is 2.90. The lowest BCUT2D eigenvalue weighted by Gasteiger charge is -2.30. The number of halogens is 3. The van der Waals surface area contributed by atoms with E-state index in [0.29, 0.717) is 27.9 Å². The lowest BCUT2D eigenvalue weighted by atomic mass is 10.0. The van der Waals surface area contributed by atoms with Gasteiger partial charge in [-0.25, -0.2) is 0 Å². The van der Waals surface area contributed by atoms with Gasteiger partial charge < -0.3 is 10.6 Å². The van der Waals surface area contributed by atoms with E-state index in [-0.39, 0.29) is 18.0 Å². The van der Waals surface area contributed by atoms with Gasteiger partial charge in [0.15, 0.2) is 0 Å². The summed E-state index contributed by atoms with van der Waals surface area (Å²) in [4.78, 5) is 34.5. The number of nitrogens with two attached hydrogens (primary N) is 1. The van der Waals surface area contributed by atoms with Crippen LogP contribution in [0.25, 0.3) is 0 Å². The average molecular weight is 406 g/mol. The molecule has 6 nitrogen and oxygen atoms in total. The van der Waals surface area contributed by atoms with Crippen LogP contribution < -0.4 is 5.73 Å². The Labute approximate surface area is 165 Å². The molecule has 0 aliphatic carbocycles. The van der Waals surface area contributed by atoms with E-state index in [2.05, 4.69) is 9.97 Å². The van der Waals surface area contributed by atoms with Crippen molar-refractivity contribution in [2.45, 2.75) is 51.9 Å². The zero-order valence-corrected chi connectivity index (χ0v) is 16.2. The summed E-state index contributed by atoms with van der Waals surface area (Å²) in [7, 11) is 0. The van der Waals surface area contributed by atoms with Crippen molar-refractivity contribution in [1.29, 1.82) is 0 Å². The van der Waals surface area contributed by atoms with Crippen molar-refractivity contribution < 1.29 is 22.8 Å². The lowest BCUT2D eigenvalue weighted by Crippen LogP contribution is -2.30. The van der Waals surface area contributed by atoms with Crippen LogP contribution in [0.3, 0.4) is 0 Å². The van der Waals surface area contributed by atoms with Crippen molar-refractivity contribution in [2.24, 2.45) is 5.73 Å². The Morgan fingerprint density at radius 2 is 2.03 bits per heavy atom. The van der Waals surface area contributed by atoms with Gasteiger partial charge in [-0.1, -0.05) is 6.07 Å². The van der Waals surface area contributed by atoms with Crippen molar-refractivity contribution in [1.82, 2.24) is 14.9 Å². The Hall–Kier alpha value is -2.97. The van der Waals surface area contributed by atoms with Crippen molar-refractivity contribution in [3.63, 3.8) is 0 Å². The molecule has 2 aromatic rings. The maximum absolute atomic E-state index is 13.0. The quantitative estimate of drug-likeness (QED) is 0.821. The van der Waals surface area contributed by atoms with E-state index in [1.165, 1.54) is 12.4 Å². The van der Waals surface area contributed by atoms with Crippen LogP contribution in [0.1, 0.15) is 75.6 Å². The molecule has 9 heteroatoms. The second-order valence-electron chi connectivity index (χ2n) is 7.20. The SMILES string of the molecule is Cc1cc(C(C)N2C(=O)c3ccnc(C(N)=O)c3C2C)cnc1CCC(F)(F)F. The number of amides is 2. The first-order valence-electron chi connectivity index (χ1n) is 9.14. The summed E-state index contributed by atoms with van der Waals surface area (Å²) in [6.07, 6.45) is -2.49. The zero-order chi connectivity index (χ0) is 21.5. The van der Waals surface area contributed by atoms with E-state index < -0.39 is 30.6 Å². The smallest absolute Gasteiger partial charge is 0.364 e. The minimum Gasteiger partial charge on any atom is -0.364 e. The number of aryl methyl sites for hydroxylation is 2. The first-order chi connectivity index (χ1) is 13.5. The Morgan fingerprint density at radius 1 is 1.34 bits per heavy atom.